The number of carbonyl (C=O) groups excluding carboxylic acids is 1. The molecule has 0 spiro atoms. The van der Waals surface area contributed by atoms with Gasteiger partial charge in [-0.1, -0.05) is 31.0 Å². The third-order valence-electron chi connectivity index (χ3n) is 5.00. The lowest BCUT2D eigenvalue weighted by Crippen LogP contribution is -2.38. The molecule has 29 heavy (non-hydrogen) atoms. The first kappa shape index (κ1) is 21.4. The van der Waals surface area contributed by atoms with Crippen molar-refractivity contribution in [1.82, 2.24) is 19.9 Å². The van der Waals surface area contributed by atoms with Crippen LogP contribution in [-0.2, 0) is 17.1 Å². The zero-order chi connectivity index (χ0) is 20.8. The smallest absolute Gasteiger partial charge is 0.240 e. The first-order valence-corrected chi connectivity index (χ1v) is 10.9. The highest BCUT2D eigenvalue weighted by Crippen LogP contribution is 2.21. The number of aryl methyl sites for hydroxylation is 2. The van der Waals surface area contributed by atoms with Crippen LogP contribution in [0.2, 0.25) is 0 Å². The van der Waals surface area contributed by atoms with Gasteiger partial charge in [-0.25, -0.2) is 9.97 Å². The maximum atomic E-state index is 12.6. The molecule has 1 aliphatic rings. The molecule has 1 aliphatic carbocycles. The average molecular weight is 417 g/mol. The van der Waals surface area contributed by atoms with E-state index in [0.29, 0.717) is 10.9 Å². The van der Waals surface area contributed by atoms with Gasteiger partial charge in [0.25, 0.3) is 0 Å². The number of pyridine rings is 1. The summed E-state index contributed by atoms with van der Waals surface area (Å²) < 4.78 is 6.96. The molecule has 0 bridgehead atoms. The Morgan fingerprint density at radius 1 is 1.21 bits per heavy atom. The van der Waals surface area contributed by atoms with Crippen molar-refractivity contribution < 1.29 is 9.53 Å². The van der Waals surface area contributed by atoms with E-state index in [1.54, 1.807) is 10.8 Å². The van der Waals surface area contributed by atoms with Crippen LogP contribution in [0.5, 0.6) is 5.75 Å². The summed E-state index contributed by atoms with van der Waals surface area (Å²) in [6.07, 6.45) is 7.24. The van der Waals surface area contributed by atoms with E-state index in [-0.39, 0.29) is 29.7 Å². The van der Waals surface area contributed by atoms with Crippen molar-refractivity contribution in [2.24, 2.45) is 0 Å². The number of carbonyl (C=O) groups is 1. The number of hydrogen-bond donors (Lipinski definition) is 1. The van der Waals surface area contributed by atoms with Gasteiger partial charge in [0, 0.05) is 34.9 Å². The summed E-state index contributed by atoms with van der Waals surface area (Å²) in [7, 11) is 1.46. The molecule has 2 aromatic rings. The molecule has 0 aromatic carbocycles. The Bertz CT molecular complexity index is 902. The monoisotopic (exact) mass is 416 g/mol. The lowest BCUT2D eigenvalue weighted by molar-refractivity contribution is -0.122. The highest BCUT2D eigenvalue weighted by Gasteiger charge is 2.17. The first-order chi connectivity index (χ1) is 13.9. The largest absolute Gasteiger partial charge is 0.491 e. The van der Waals surface area contributed by atoms with Crippen LogP contribution >= 0.6 is 11.8 Å². The van der Waals surface area contributed by atoms with Crippen LogP contribution in [0.4, 0.5) is 0 Å². The van der Waals surface area contributed by atoms with Gasteiger partial charge >= 0.3 is 0 Å². The summed E-state index contributed by atoms with van der Waals surface area (Å²) in [5.41, 5.74) is 2.34. The summed E-state index contributed by atoms with van der Waals surface area (Å²) in [6, 6.07) is 3.70. The van der Waals surface area contributed by atoms with E-state index >= 15 is 0 Å². The molecule has 7 nitrogen and oxygen atoms in total. The average Bonchev–Trinajstić information content (AvgIpc) is 2.68. The summed E-state index contributed by atoms with van der Waals surface area (Å²) >= 11 is 1.45. The standard InChI is InChI=1S/C21H28N4O3S/c1-14-9-15(2)23-21(22-14)29-13-17-10-18(26)19(28-3)11-25(17)12-20(27)24-16-7-5-4-6-8-16/h9-11,16H,4-8,12-13H2,1-3H3,(H,24,27). The van der Waals surface area contributed by atoms with Crippen molar-refractivity contribution in [2.75, 3.05) is 7.11 Å². The van der Waals surface area contributed by atoms with E-state index in [4.69, 9.17) is 4.74 Å². The van der Waals surface area contributed by atoms with Gasteiger partial charge in [-0.05, 0) is 32.8 Å². The second-order valence-corrected chi connectivity index (χ2v) is 8.39. The maximum absolute atomic E-state index is 12.6. The van der Waals surface area contributed by atoms with Crippen molar-refractivity contribution in [3.63, 3.8) is 0 Å². The molecule has 2 heterocycles. The molecule has 0 atom stereocenters. The Kier molecular flexibility index (Phi) is 7.30. The summed E-state index contributed by atoms with van der Waals surface area (Å²) in [4.78, 5) is 33.7. The highest BCUT2D eigenvalue weighted by atomic mass is 32.2. The number of aromatic nitrogens is 3. The van der Waals surface area contributed by atoms with Crippen molar-refractivity contribution >= 4 is 17.7 Å². The van der Waals surface area contributed by atoms with Gasteiger partial charge in [0.2, 0.25) is 11.3 Å². The fourth-order valence-electron chi connectivity index (χ4n) is 3.59. The predicted molar refractivity (Wildman–Crippen MR) is 113 cm³/mol. The zero-order valence-electron chi connectivity index (χ0n) is 17.2. The maximum Gasteiger partial charge on any atom is 0.240 e. The van der Waals surface area contributed by atoms with E-state index in [1.807, 2.05) is 19.9 Å². The first-order valence-electron chi connectivity index (χ1n) is 9.96. The van der Waals surface area contributed by atoms with Gasteiger partial charge in [0.1, 0.15) is 6.54 Å². The lowest BCUT2D eigenvalue weighted by Gasteiger charge is -2.23. The van der Waals surface area contributed by atoms with Crippen LogP contribution in [0.25, 0.3) is 0 Å². The highest BCUT2D eigenvalue weighted by molar-refractivity contribution is 7.98. The topological polar surface area (TPSA) is 86.1 Å². The predicted octanol–water partition coefficient (Wildman–Crippen LogP) is 3.00. The molecule has 156 valence electrons. The molecule has 1 amide bonds. The van der Waals surface area contributed by atoms with Gasteiger partial charge in [0.05, 0.1) is 13.3 Å². The molecule has 0 saturated heterocycles. The van der Waals surface area contributed by atoms with Crippen molar-refractivity contribution in [2.45, 2.75) is 69.4 Å². The summed E-state index contributed by atoms with van der Waals surface area (Å²) in [5.74, 6) is 0.669. The Morgan fingerprint density at radius 3 is 2.55 bits per heavy atom. The van der Waals surface area contributed by atoms with Crippen molar-refractivity contribution in [1.29, 1.82) is 0 Å². The van der Waals surface area contributed by atoms with Crippen LogP contribution in [-0.4, -0.2) is 33.6 Å². The number of rotatable bonds is 7. The van der Waals surface area contributed by atoms with Gasteiger partial charge in [-0.3, -0.25) is 9.59 Å². The number of nitrogens with one attached hydrogen (secondary N) is 1. The molecule has 1 saturated carbocycles. The van der Waals surface area contributed by atoms with Crippen LogP contribution in [0.3, 0.4) is 0 Å². The number of hydrogen-bond acceptors (Lipinski definition) is 6. The minimum absolute atomic E-state index is 0.0449. The number of methoxy groups -OCH3 is 1. The summed E-state index contributed by atoms with van der Waals surface area (Å²) in [5, 5.41) is 3.78. The Morgan fingerprint density at radius 2 is 1.90 bits per heavy atom. The Balaban J connectivity index is 1.75. The molecule has 1 N–H and O–H groups in total. The number of thioether (sulfide) groups is 1. The van der Waals surface area contributed by atoms with E-state index in [0.717, 1.165) is 42.8 Å². The van der Waals surface area contributed by atoms with Gasteiger partial charge < -0.3 is 14.6 Å². The van der Waals surface area contributed by atoms with E-state index in [1.165, 1.54) is 31.4 Å². The van der Waals surface area contributed by atoms with Crippen LogP contribution < -0.4 is 15.5 Å². The normalized spacial score (nSPS) is 14.6. The SMILES string of the molecule is COc1cn(CC(=O)NC2CCCCC2)c(CSc2nc(C)cc(C)n2)cc1=O. The fourth-order valence-corrected chi connectivity index (χ4v) is 4.53. The molecule has 0 radical (unpaired) electrons. The third kappa shape index (κ3) is 6.06. The minimum Gasteiger partial charge on any atom is -0.491 e. The van der Waals surface area contributed by atoms with Gasteiger partial charge in [-0.2, -0.15) is 0 Å². The zero-order valence-corrected chi connectivity index (χ0v) is 18.1. The van der Waals surface area contributed by atoms with E-state index < -0.39 is 0 Å². The molecule has 1 fully saturated rings. The molecule has 3 rings (SSSR count). The molecular formula is C21H28N4O3S. The second-order valence-electron chi connectivity index (χ2n) is 7.45. The molecule has 0 aliphatic heterocycles. The van der Waals surface area contributed by atoms with E-state index in [2.05, 4.69) is 15.3 Å². The molecule has 8 heteroatoms. The van der Waals surface area contributed by atoms with Gasteiger partial charge in [0.15, 0.2) is 10.9 Å². The van der Waals surface area contributed by atoms with Crippen molar-refractivity contribution in [3.8, 4) is 5.75 Å². The number of amides is 1. The lowest BCUT2D eigenvalue weighted by atomic mass is 9.95. The van der Waals surface area contributed by atoms with Gasteiger partial charge in [-0.15, -0.1) is 0 Å². The molecule has 2 aromatic heterocycles. The number of nitrogens with zero attached hydrogens (tertiary/aromatic N) is 3. The van der Waals surface area contributed by atoms with Crippen LogP contribution in [0.15, 0.2) is 28.3 Å². The van der Waals surface area contributed by atoms with Crippen LogP contribution in [0.1, 0.15) is 49.2 Å². The van der Waals surface area contributed by atoms with E-state index in [9.17, 15) is 9.59 Å². The fraction of sp³-hybridized carbons (Fsp3) is 0.524. The third-order valence-corrected chi connectivity index (χ3v) is 5.88. The molecule has 0 unspecified atom stereocenters. The Hall–Kier alpha value is -2.35. The van der Waals surface area contributed by atoms with Crippen LogP contribution in [0, 0.1) is 13.8 Å². The molecular weight excluding hydrogens is 388 g/mol. The second kappa shape index (κ2) is 9.91. The minimum atomic E-state index is -0.201. The number of ether oxygens (including phenoxy) is 1. The Labute approximate surface area is 175 Å². The van der Waals surface area contributed by atoms with Crippen molar-refractivity contribution in [3.05, 3.63) is 45.6 Å². The summed E-state index contributed by atoms with van der Waals surface area (Å²) in [6.45, 7) is 4.01. The quantitative estimate of drug-likeness (QED) is 0.552.